The van der Waals surface area contributed by atoms with Gasteiger partial charge in [-0.2, -0.15) is 5.26 Å². The maximum atomic E-state index is 12.1. The van der Waals surface area contributed by atoms with Crippen molar-refractivity contribution in [1.29, 1.82) is 5.26 Å². The van der Waals surface area contributed by atoms with Crippen molar-refractivity contribution in [3.63, 3.8) is 0 Å². The predicted octanol–water partition coefficient (Wildman–Crippen LogP) is 1.88. The first-order chi connectivity index (χ1) is 12.7. The molecule has 0 aliphatic heterocycles. The van der Waals surface area contributed by atoms with Crippen molar-refractivity contribution in [2.24, 2.45) is 0 Å². The highest BCUT2D eigenvalue weighted by molar-refractivity contribution is 7.89. The molecule has 140 valence electrons. The molecule has 0 saturated carbocycles. The molecule has 9 nitrogen and oxygen atoms in total. The van der Waals surface area contributed by atoms with Crippen molar-refractivity contribution in [1.82, 2.24) is 4.72 Å². The molecule has 0 aliphatic rings. The second-order valence-corrected chi connectivity index (χ2v) is 7.27. The van der Waals surface area contributed by atoms with Crippen LogP contribution in [0.4, 0.5) is 5.69 Å². The third-order valence-electron chi connectivity index (χ3n) is 3.41. The molecule has 2 aromatic rings. The van der Waals surface area contributed by atoms with Crippen LogP contribution in [0.5, 0.6) is 5.75 Å². The molecule has 0 radical (unpaired) electrons. The van der Waals surface area contributed by atoms with E-state index in [0.29, 0.717) is 5.56 Å². The van der Waals surface area contributed by atoms with Crippen molar-refractivity contribution in [2.45, 2.75) is 18.8 Å². The summed E-state index contributed by atoms with van der Waals surface area (Å²) in [5, 5.41) is 19.5. The van der Waals surface area contributed by atoms with Gasteiger partial charge in [0.05, 0.1) is 22.3 Å². The Bertz CT molecular complexity index is 996. The van der Waals surface area contributed by atoms with Crippen LogP contribution in [0.25, 0.3) is 0 Å². The zero-order chi connectivity index (χ0) is 20.0. The molecule has 0 heterocycles. The van der Waals surface area contributed by atoms with Gasteiger partial charge in [-0.3, -0.25) is 14.9 Å². The number of carbonyl (C=O) groups excluding carboxylic acids is 1. The summed E-state index contributed by atoms with van der Waals surface area (Å²) in [5.41, 5.74) is 0.462. The van der Waals surface area contributed by atoms with Gasteiger partial charge in [-0.05, 0) is 30.7 Å². The van der Waals surface area contributed by atoms with Crippen LogP contribution in [0.15, 0.2) is 48.5 Å². The van der Waals surface area contributed by atoms with E-state index in [9.17, 15) is 23.3 Å². The molecule has 0 fully saturated rings. The average molecular weight is 389 g/mol. The second kappa shape index (κ2) is 8.29. The van der Waals surface area contributed by atoms with E-state index in [4.69, 9.17) is 10.00 Å². The predicted molar refractivity (Wildman–Crippen MR) is 95.1 cm³/mol. The zero-order valence-corrected chi connectivity index (χ0v) is 15.0. The van der Waals surface area contributed by atoms with E-state index in [2.05, 4.69) is 0 Å². The summed E-state index contributed by atoms with van der Waals surface area (Å²) in [6.45, 7) is 1.37. The number of ether oxygens (including phenoxy) is 1. The minimum Gasteiger partial charge on any atom is -0.481 e. The van der Waals surface area contributed by atoms with Crippen LogP contribution in [0.3, 0.4) is 0 Å². The molecule has 1 N–H and O–H groups in total. The lowest BCUT2D eigenvalue weighted by Crippen LogP contribution is -2.40. The first-order valence-electron chi connectivity index (χ1n) is 7.64. The number of nitrogens with one attached hydrogen (secondary N) is 1. The molecular weight excluding hydrogens is 374 g/mol. The van der Waals surface area contributed by atoms with E-state index in [-0.39, 0.29) is 17.0 Å². The lowest BCUT2D eigenvalue weighted by Gasteiger charge is -2.15. The minimum absolute atomic E-state index is 0.165. The standard InChI is InChI=1S/C17H15N3O6S/c1-12(26-16-4-2-3-14(9-16)10-18)17(21)19-27(24,25)11-13-5-7-15(8-6-13)20(22)23/h2-9,12H,11H2,1H3,(H,19,21). The van der Waals surface area contributed by atoms with Gasteiger partial charge in [0.1, 0.15) is 5.75 Å². The topological polar surface area (TPSA) is 139 Å². The second-order valence-electron chi connectivity index (χ2n) is 5.55. The Hall–Kier alpha value is -3.45. The Morgan fingerprint density at radius 3 is 2.56 bits per heavy atom. The van der Waals surface area contributed by atoms with E-state index in [0.717, 1.165) is 0 Å². The normalized spacial score (nSPS) is 11.9. The molecule has 10 heteroatoms. The molecule has 0 aromatic heterocycles. The number of carbonyl (C=O) groups is 1. The molecule has 0 saturated heterocycles. The third kappa shape index (κ3) is 5.79. The fourth-order valence-electron chi connectivity index (χ4n) is 2.10. The minimum atomic E-state index is -4.02. The SMILES string of the molecule is CC(Oc1cccc(C#N)c1)C(=O)NS(=O)(=O)Cc1ccc([N+](=O)[O-])cc1. The van der Waals surface area contributed by atoms with Gasteiger partial charge in [0.25, 0.3) is 11.6 Å². The molecule has 27 heavy (non-hydrogen) atoms. The first-order valence-corrected chi connectivity index (χ1v) is 9.30. The molecular formula is C17H15N3O6S. The van der Waals surface area contributed by atoms with E-state index >= 15 is 0 Å². The van der Waals surface area contributed by atoms with Crippen LogP contribution in [0.2, 0.25) is 0 Å². The monoisotopic (exact) mass is 389 g/mol. The highest BCUT2D eigenvalue weighted by Gasteiger charge is 2.22. The number of benzene rings is 2. The Kier molecular flexibility index (Phi) is 6.10. The number of rotatable bonds is 7. The van der Waals surface area contributed by atoms with Crippen LogP contribution < -0.4 is 9.46 Å². The highest BCUT2D eigenvalue weighted by atomic mass is 32.2. The van der Waals surface area contributed by atoms with Crippen LogP contribution in [0.1, 0.15) is 18.1 Å². The Morgan fingerprint density at radius 2 is 1.96 bits per heavy atom. The average Bonchev–Trinajstić information content (AvgIpc) is 2.61. The van der Waals surface area contributed by atoms with Crippen molar-refractivity contribution in [3.8, 4) is 11.8 Å². The molecule has 1 amide bonds. The largest absolute Gasteiger partial charge is 0.481 e. The fraction of sp³-hybridized carbons (Fsp3) is 0.176. The summed E-state index contributed by atoms with van der Waals surface area (Å²) in [7, 11) is -4.02. The van der Waals surface area contributed by atoms with Crippen LogP contribution in [-0.2, 0) is 20.6 Å². The number of hydrogen-bond donors (Lipinski definition) is 1. The fourth-order valence-corrected chi connectivity index (χ4v) is 3.28. The van der Waals surface area contributed by atoms with Crippen LogP contribution in [-0.4, -0.2) is 25.4 Å². The molecule has 0 spiro atoms. The quantitative estimate of drug-likeness (QED) is 0.563. The molecule has 1 atom stereocenters. The number of nitriles is 1. The zero-order valence-electron chi connectivity index (χ0n) is 14.2. The third-order valence-corrected chi connectivity index (χ3v) is 4.63. The molecule has 2 aromatic carbocycles. The number of nitro benzene ring substituents is 1. The number of nitro groups is 1. The van der Waals surface area contributed by atoms with Gasteiger partial charge in [0.15, 0.2) is 6.10 Å². The van der Waals surface area contributed by atoms with Gasteiger partial charge in [-0.15, -0.1) is 0 Å². The van der Waals surface area contributed by atoms with Gasteiger partial charge in [-0.25, -0.2) is 13.1 Å². The van der Waals surface area contributed by atoms with E-state index < -0.39 is 32.7 Å². The van der Waals surface area contributed by atoms with E-state index in [1.807, 2.05) is 10.8 Å². The van der Waals surface area contributed by atoms with E-state index in [1.165, 1.54) is 43.3 Å². The van der Waals surface area contributed by atoms with Crippen LogP contribution in [0, 0.1) is 21.4 Å². The number of hydrogen-bond acceptors (Lipinski definition) is 7. The van der Waals surface area contributed by atoms with Gasteiger partial charge in [-0.1, -0.05) is 18.2 Å². The summed E-state index contributed by atoms with van der Waals surface area (Å²) in [6.07, 6.45) is -1.12. The molecule has 1 unspecified atom stereocenters. The van der Waals surface area contributed by atoms with Crippen molar-refractivity contribution in [3.05, 3.63) is 69.8 Å². The van der Waals surface area contributed by atoms with Gasteiger partial charge in [0.2, 0.25) is 10.0 Å². The lowest BCUT2D eigenvalue weighted by atomic mass is 10.2. The smallest absolute Gasteiger partial charge is 0.274 e. The summed E-state index contributed by atoms with van der Waals surface area (Å²) in [4.78, 5) is 22.1. The van der Waals surface area contributed by atoms with Gasteiger partial charge >= 0.3 is 0 Å². The summed E-state index contributed by atoms with van der Waals surface area (Å²) < 4.78 is 31.5. The molecule has 0 bridgehead atoms. The maximum Gasteiger partial charge on any atom is 0.274 e. The summed E-state index contributed by atoms with van der Waals surface area (Å²) in [5.74, 6) is -1.14. The number of amides is 1. The van der Waals surface area contributed by atoms with E-state index in [1.54, 1.807) is 12.1 Å². The van der Waals surface area contributed by atoms with Gasteiger partial charge in [0, 0.05) is 12.1 Å². The lowest BCUT2D eigenvalue weighted by molar-refractivity contribution is -0.384. The maximum absolute atomic E-state index is 12.1. The van der Waals surface area contributed by atoms with Gasteiger partial charge < -0.3 is 4.74 Å². The first kappa shape index (κ1) is 19.9. The Labute approximate surface area is 155 Å². The summed E-state index contributed by atoms with van der Waals surface area (Å²) in [6, 6.07) is 13.0. The molecule has 0 aliphatic carbocycles. The number of sulfonamides is 1. The summed E-state index contributed by atoms with van der Waals surface area (Å²) >= 11 is 0. The van der Waals surface area contributed by atoms with Crippen molar-refractivity contribution >= 4 is 21.6 Å². The van der Waals surface area contributed by atoms with Crippen LogP contribution >= 0.6 is 0 Å². The number of non-ortho nitro benzene ring substituents is 1. The Morgan fingerprint density at radius 1 is 1.30 bits per heavy atom. The van der Waals surface area contributed by atoms with Crippen molar-refractivity contribution in [2.75, 3.05) is 0 Å². The number of nitrogens with zero attached hydrogens (tertiary/aromatic N) is 2. The molecule has 2 rings (SSSR count). The highest BCUT2D eigenvalue weighted by Crippen LogP contribution is 2.16. The Balaban J connectivity index is 2.00. The van der Waals surface area contributed by atoms with Crippen molar-refractivity contribution < 1.29 is 22.9 Å².